The Morgan fingerprint density at radius 3 is 2.09 bits per heavy atom. The zero-order valence-corrected chi connectivity index (χ0v) is 19.2. The van der Waals surface area contributed by atoms with Crippen LogP contribution in [-0.2, 0) is 9.59 Å². The molecule has 2 atom stereocenters. The second-order valence-corrected chi connectivity index (χ2v) is 8.42. The molecule has 0 radical (unpaired) electrons. The number of hydrogen-bond acceptors (Lipinski definition) is 6. The number of nitrogens with one attached hydrogen (secondary N) is 2. The van der Waals surface area contributed by atoms with Crippen molar-refractivity contribution in [3.8, 4) is 11.8 Å². The molecular weight excluding hydrogens is 434 g/mol. The van der Waals surface area contributed by atoms with Crippen molar-refractivity contribution in [3.63, 3.8) is 0 Å². The minimum Gasteiger partial charge on any atom is -0.391 e. The highest BCUT2D eigenvalue weighted by atomic mass is 16.3. The van der Waals surface area contributed by atoms with Crippen LogP contribution in [0.1, 0.15) is 41.3 Å². The summed E-state index contributed by atoms with van der Waals surface area (Å²) < 4.78 is 0. The fraction of sp³-hybridized carbons (Fsp3) is 0.346. The van der Waals surface area contributed by atoms with Crippen molar-refractivity contribution >= 4 is 23.3 Å². The van der Waals surface area contributed by atoms with Crippen molar-refractivity contribution in [2.45, 2.75) is 38.0 Å². The topological polar surface area (TPSA) is 119 Å². The van der Waals surface area contributed by atoms with Gasteiger partial charge in [0.05, 0.1) is 12.6 Å². The fourth-order valence-corrected chi connectivity index (χ4v) is 3.35. The average molecular weight is 464 g/mol. The number of nitrogens with zero attached hydrogens (tertiary/aromatic N) is 1. The Hall–Kier alpha value is -3.51. The molecule has 2 aromatic rings. The normalized spacial score (nSPS) is 14.5. The molecule has 0 unspecified atom stereocenters. The first-order chi connectivity index (χ1) is 16.3. The molecule has 1 saturated carbocycles. The van der Waals surface area contributed by atoms with E-state index in [0.717, 1.165) is 18.4 Å². The molecule has 8 heteroatoms. The zero-order valence-electron chi connectivity index (χ0n) is 19.2. The van der Waals surface area contributed by atoms with Gasteiger partial charge in [0.15, 0.2) is 5.78 Å². The molecule has 2 aromatic carbocycles. The van der Waals surface area contributed by atoms with Gasteiger partial charge in [-0.3, -0.25) is 19.3 Å². The van der Waals surface area contributed by atoms with Crippen LogP contribution in [0.5, 0.6) is 0 Å². The largest absolute Gasteiger partial charge is 0.391 e. The van der Waals surface area contributed by atoms with Crippen LogP contribution in [0, 0.1) is 11.8 Å². The van der Waals surface area contributed by atoms with Gasteiger partial charge in [0, 0.05) is 28.4 Å². The van der Waals surface area contributed by atoms with Gasteiger partial charge >= 0.3 is 0 Å². The fourth-order valence-electron chi connectivity index (χ4n) is 3.35. The Morgan fingerprint density at radius 1 is 1.03 bits per heavy atom. The van der Waals surface area contributed by atoms with Gasteiger partial charge in [-0.25, -0.2) is 0 Å². The quantitative estimate of drug-likeness (QED) is 0.415. The predicted octanol–water partition coefficient (Wildman–Crippen LogP) is 1.16. The minimum absolute atomic E-state index is 0.0437. The Kier molecular flexibility index (Phi) is 8.55. The highest BCUT2D eigenvalue weighted by Crippen LogP contribution is 2.24. The van der Waals surface area contributed by atoms with Crippen LogP contribution in [0.4, 0.5) is 5.69 Å². The lowest BCUT2D eigenvalue weighted by Gasteiger charge is -2.19. The lowest BCUT2D eigenvalue weighted by Crippen LogP contribution is -2.48. The first-order valence-electron chi connectivity index (χ1n) is 11.1. The molecule has 34 heavy (non-hydrogen) atoms. The molecule has 3 rings (SSSR count). The second-order valence-electron chi connectivity index (χ2n) is 8.42. The summed E-state index contributed by atoms with van der Waals surface area (Å²) in [4.78, 5) is 38.2. The Balaban J connectivity index is 1.56. The molecule has 1 aliphatic rings. The zero-order chi connectivity index (χ0) is 24.7. The molecule has 0 bridgehead atoms. The molecule has 8 nitrogen and oxygen atoms in total. The van der Waals surface area contributed by atoms with Crippen molar-refractivity contribution in [3.05, 3.63) is 65.2 Å². The summed E-state index contributed by atoms with van der Waals surface area (Å²) in [5.41, 5.74) is 2.48. The Bertz CT molecular complexity index is 1080. The number of aliphatic hydroxyl groups excluding tert-OH is 2. The summed E-state index contributed by atoms with van der Waals surface area (Å²) in [5.74, 6) is 4.81. The maximum Gasteiger partial charge on any atom is 0.251 e. The summed E-state index contributed by atoms with van der Waals surface area (Å²) in [7, 11) is 1.96. The van der Waals surface area contributed by atoms with Crippen molar-refractivity contribution in [1.29, 1.82) is 0 Å². The Morgan fingerprint density at radius 2 is 1.59 bits per heavy atom. The van der Waals surface area contributed by atoms with E-state index < -0.39 is 30.4 Å². The number of benzene rings is 2. The lowest BCUT2D eigenvalue weighted by atomic mass is 10.1. The standard InChI is InChI=1S/C26H29N3O5/c1-17(31)25(23(32)16-30)28-26(34)20-9-5-18(6-10-20)3-4-19-7-11-21(12-8-19)27-24(33)15-29(2)22-13-14-22/h5-12,17,22,25,30-31H,13-16H2,1-2H3,(H,27,33)(H,28,34)/t17-,25+/m1/s1. The molecule has 4 N–H and O–H groups in total. The van der Waals surface area contributed by atoms with E-state index in [2.05, 4.69) is 27.4 Å². The third kappa shape index (κ3) is 7.25. The maximum absolute atomic E-state index is 12.3. The van der Waals surface area contributed by atoms with E-state index in [9.17, 15) is 19.5 Å². The number of anilines is 1. The van der Waals surface area contributed by atoms with Crippen molar-refractivity contribution in [2.24, 2.45) is 0 Å². The number of Topliss-reactive ketones (excluding diaryl/α,β-unsaturated/α-hetero) is 1. The van der Waals surface area contributed by atoms with E-state index in [-0.39, 0.29) is 5.91 Å². The monoisotopic (exact) mass is 463 g/mol. The molecule has 0 aromatic heterocycles. The molecular formula is C26H29N3O5. The number of hydrogen-bond donors (Lipinski definition) is 4. The molecule has 178 valence electrons. The van der Waals surface area contributed by atoms with Crippen LogP contribution < -0.4 is 10.6 Å². The number of rotatable bonds is 9. The SMILES string of the molecule is C[C@@H](O)[C@H](NC(=O)c1ccc(C#Cc2ccc(NC(=O)CN(C)C3CC3)cc2)cc1)C(=O)CO. The summed E-state index contributed by atoms with van der Waals surface area (Å²) >= 11 is 0. The molecule has 0 aliphatic heterocycles. The van der Waals surface area contributed by atoms with E-state index in [1.54, 1.807) is 36.4 Å². The highest BCUT2D eigenvalue weighted by molar-refractivity contribution is 5.98. The number of carbonyl (C=O) groups is 3. The number of aliphatic hydroxyl groups is 2. The van der Waals surface area contributed by atoms with Gasteiger partial charge in [-0.2, -0.15) is 0 Å². The van der Waals surface area contributed by atoms with Crippen LogP contribution in [-0.4, -0.2) is 71.1 Å². The molecule has 2 amide bonds. The maximum atomic E-state index is 12.3. The van der Waals surface area contributed by atoms with E-state index in [4.69, 9.17) is 5.11 Å². The number of ketones is 1. The van der Waals surface area contributed by atoms with Crippen LogP contribution in [0.25, 0.3) is 0 Å². The van der Waals surface area contributed by atoms with Gasteiger partial charge in [0.1, 0.15) is 12.6 Å². The van der Waals surface area contributed by atoms with Crippen molar-refractivity contribution in [1.82, 2.24) is 10.2 Å². The van der Waals surface area contributed by atoms with Gasteiger partial charge in [0.2, 0.25) is 5.91 Å². The van der Waals surface area contributed by atoms with Crippen LogP contribution in [0.15, 0.2) is 48.5 Å². The number of carbonyl (C=O) groups excluding carboxylic acids is 3. The number of amides is 2. The van der Waals surface area contributed by atoms with Crippen molar-refractivity contribution < 1.29 is 24.6 Å². The van der Waals surface area contributed by atoms with Gasteiger partial charge in [-0.05, 0) is 75.3 Å². The smallest absolute Gasteiger partial charge is 0.251 e. The van der Waals surface area contributed by atoms with E-state index in [1.807, 2.05) is 19.2 Å². The lowest BCUT2D eigenvalue weighted by molar-refractivity contribution is -0.126. The summed E-state index contributed by atoms with van der Waals surface area (Å²) in [6.07, 6.45) is 1.18. The second kappa shape index (κ2) is 11.6. The third-order valence-corrected chi connectivity index (χ3v) is 5.50. The van der Waals surface area contributed by atoms with Crippen LogP contribution in [0.3, 0.4) is 0 Å². The Labute approximate surface area is 199 Å². The summed E-state index contributed by atoms with van der Waals surface area (Å²) in [6, 6.07) is 13.1. The first kappa shape index (κ1) is 25.1. The molecule has 1 fully saturated rings. The van der Waals surface area contributed by atoms with Gasteiger partial charge in [0.25, 0.3) is 5.91 Å². The molecule has 0 spiro atoms. The van der Waals surface area contributed by atoms with E-state index in [1.165, 1.54) is 6.92 Å². The molecule has 0 saturated heterocycles. The predicted molar refractivity (Wildman–Crippen MR) is 128 cm³/mol. The highest BCUT2D eigenvalue weighted by Gasteiger charge is 2.27. The van der Waals surface area contributed by atoms with E-state index >= 15 is 0 Å². The minimum atomic E-state index is -1.18. The summed E-state index contributed by atoms with van der Waals surface area (Å²) in [6.45, 7) is 0.971. The van der Waals surface area contributed by atoms with Crippen LogP contribution >= 0.6 is 0 Å². The average Bonchev–Trinajstić information content (AvgIpc) is 3.67. The third-order valence-electron chi connectivity index (χ3n) is 5.50. The molecule has 1 aliphatic carbocycles. The van der Waals surface area contributed by atoms with Gasteiger partial charge < -0.3 is 20.8 Å². The summed E-state index contributed by atoms with van der Waals surface area (Å²) in [5, 5.41) is 24.0. The molecule has 0 heterocycles. The number of likely N-dealkylation sites (N-methyl/N-ethyl adjacent to an activating group) is 1. The van der Waals surface area contributed by atoms with Crippen LogP contribution in [0.2, 0.25) is 0 Å². The van der Waals surface area contributed by atoms with Gasteiger partial charge in [-0.15, -0.1) is 0 Å². The van der Waals surface area contributed by atoms with Gasteiger partial charge in [-0.1, -0.05) is 11.8 Å². The van der Waals surface area contributed by atoms with E-state index in [0.29, 0.717) is 29.4 Å². The van der Waals surface area contributed by atoms with Crippen molar-refractivity contribution in [2.75, 3.05) is 25.5 Å². The first-order valence-corrected chi connectivity index (χ1v) is 11.1.